The second-order valence-corrected chi connectivity index (χ2v) is 5.85. The maximum absolute atomic E-state index is 12.5. The summed E-state index contributed by atoms with van der Waals surface area (Å²) in [5, 5.41) is 3.56. The molecule has 0 aliphatic rings. The highest BCUT2D eigenvalue weighted by Gasteiger charge is 2.21. The lowest BCUT2D eigenvalue weighted by atomic mass is 10.1. The molecule has 3 aromatic rings. The van der Waals surface area contributed by atoms with E-state index in [1.807, 2.05) is 25.1 Å². The van der Waals surface area contributed by atoms with Gasteiger partial charge in [-0.15, -0.1) is 0 Å². The summed E-state index contributed by atoms with van der Waals surface area (Å²) in [6.45, 7) is 3.86. The molecule has 2 aromatic carbocycles. The van der Waals surface area contributed by atoms with Crippen LogP contribution in [0.2, 0.25) is 0 Å². The molecule has 0 aliphatic heterocycles. The molecule has 0 bridgehead atoms. The summed E-state index contributed by atoms with van der Waals surface area (Å²) in [5.41, 5.74) is 1.39. The maximum atomic E-state index is 12.5. The van der Waals surface area contributed by atoms with Crippen molar-refractivity contribution in [3.8, 4) is 5.75 Å². The topological polar surface area (TPSA) is 77.5 Å². The van der Waals surface area contributed by atoms with Crippen molar-refractivity contribution in [2.75, 3.05) is 11.9 Å². The van der Waals surface area contributed by atoms with Crippen LogP contribution in [0.4, 0.5) is 5.69 Å². The number of hydrogen-bond donors (Lipinski definition) is 1. The van der Waals surface area contributed by atoms with Gasteiger partial charge in [-0.3, -0.25) is 9.78 Å². The molecule has 3 rings (SSSR count). The molecule has 0 fully saturated rings. The minimum Gasteiger partial charge on any atom is -0.492 e. The van der Waals surface area contributed by atoms with E-state index in [4.69, 9.17) is 9.47 Å². The van der Waals surface area contributed by atoms with Crippen molar-refractivity contribution < 1.29 is 19.1 Å². The Bertz CT molecular complexity index is 966. The van der Waals surface area contributed by atoms with Crippen LogP contribution < -0.4 is 10.1 Å². The monoisotopic (exact) mass is 364 g/mol. The highest BCUT2D eigenvalue weighted by molar-refractivity contribution is 6.04. The third-order valence-corrected chi connectivity index (χ3v) is 3.95. The van der Waals surface area contributed by atoms with Gasteiger partial charge in [0.25, 0.3) is 5.91 Å². The quantitative estimate of drug-likeness (QED) is 0.673. The lowest BCUT2D eigenvalue weighted by Crippen LogP contribution is -2.30. The number of ether oxygens (including phenoxy) is 2. The molecule has 138 valence electrons. The molecule has 1 amide bonds. The van der Waals surface area contributed by atoms with E-state index in [-0.39, 0.29) is 0 Å². The predicted molar refractivity (Wildman–Crippen MR) is 103 cm³/mol. The molecule has 6 nitrogen and oxygen atoms in total. The first kappa shape index (κ1) is 18.4. The van der Waals surface area contributed by atoms with E-state index in [1.54, 1.807) is 42.6 Å². The molecule has 1 atom stereocenters. The summed E-state index contributed by atoms with van der Waals surface area (Å²) >= 11 is 0. The number of fused-ring (bicyclic) bond motifs is 1. The third kappa shape index (κ3) is 4.23. The molecule has 6 heteroatoms. The molecular weight excluding hydrogens is 344 g/mol. The van der Waals surface area contributed by atoms with Crippen molar-refractivity contribution >= 4 is 28.5 Å². The van der Waals surface area contributed by atoms with Crippen molar-refractivity contribution in [1.29, 1.82) is 0 Å². The summed E-state index contributed by atoms with van der Waals surface area (Å²) in [7, 11) is 0. The number of nitrogens with zero attached hydrogens (tertiary/aromatic N) is 1. The van der Waals surface area contributed by atoms with Gasteiger partial charge >= 0.3 is 5.97 Å². The number of amides is 1. The SMILES string of the molecule is CCOc1ccccc1NC(=O)[C@H](C)OC(=O)c1cccc2cccnc12. The Hall–Kier alpha value is -3.41. The smallest absolute Gasteiger partial charge is 0.341 e. The fraction of sp³-hybridized carbons (Fsp3) is 0.190. The molecule has 1 heterocycles. The Balaban J connectivity index is 1.72. The first-order valence-corrected chi connectivity index (χ1v) is 8.67. The van der Waals surface area contributed by atoms with Crippen molar-refractivity contribution in [2.45, 2.75) is 20.0 Å². The molecule has 0 saturated carbocycles. The number of rotatable bonds is 6. The highest BCUT2D eigenvalue weighted by Crippen LogP contribution is 2.24. The van der Waals surface area contributed by atoms with Crippen LogP contribution in [0, 0.1) is 0 Å². The average Bonchev–Trinajstić information content (AvgIpc) is 2.69. The fourth-order valence-corrected chi connectivity index (χ4v) is 2.63. The third-order valence-electron chi connectivity index (χ3n) is 3.95. The number of pyridine rings is 1. The second-order valence-electron chi connectivity index (χ2n) is 5.85. The van der Waals surface area contributed by atoms with Crippen molar-refractivity contribution in [3.05, 3.63) is 66.4 Å². The predicted octanol–water partition coefficient (Wildman–Crippen LogP) is 3.82. The van der Waals surface area contributed by atoms with Crippen LogP contribution in [-0.2, 0) is 9.53 Å². The molecule has 0 unspecified atom stereocenters. The van der Waals surface area contributed by atoms with Crippen LogP contribution in [0.25, 0.3) is 10.9 Å². The fourth-order valence-electron chi connectivity index (χ4n) is 2.63. The zero-order valence-electron chi connectivity index (χ0n) is 15.1. The van der Waals surface area contributed by atoms with Gasteiger partial charge in [0.1, 0.15) is 5.75 Å². The molecule has 1 aromatic heterocycles. The number of benzene rings is 2. The Morgan fingerprint density at radius 3 is 2.67 bits per heavy atom. The number of hydrogen-bond acceptors (Lipinski definition) is 5. The highest BCUT2D eigenvalue weighted by atomic mass is 16.5. The molecule has 0 aliphatic carbocycles. The van der Waals surface area contributed by atoms with Crippen molar-refractivity contribution in [3.63, 3.8) is 0 Å². The number of nitrogens with one attached hydrogen (secondary N) is 1. The molecule has 0 spiro atoms. The number of anilines is 1. The zero-order valence-corrected chi connectivity index (χ0v) is 15.1. The van der Waals surface area contributed by atoms with E-state index < -0.39 is 18.0 Å². The van der Waals surface area contributed by atoms with E-state index >= 15 is 0 Å². The Labute approximate surface area is 157 Å². The number of aromatic nitrogens is 1. The normalized spacial score (nSPS) is 11.6. The lowest BCUT2D eigenvalue weighted by molar-refractivity contribution is -0.123. The van der Waals surface area contributed by atoms with Gasteiger partial charge in [0.05, 0.1) is 23.4 Å². The summed E-state index contributed by atoms with van der Waals surface area (Å²) in [6.07, 6.45) is 0.631. The van der Waals surface area contributed by atoms with Crippen LogP contribution in [0.1, 0.15) is 24.2 Å². The minimum atomic E-state index is -0.980. The van der Waals surface area contributed by atoms with Gasteiger partial charge in [0, 0.05) is 11.6 Å². The number of carbonyl (C=O) groups excluding carboxylic acids is 2. The Morgan fingerprint density at radius 2 is 1.85 bits per heavy atom. The second kappa shape index (κ2) is 8.31. The van der Waals surface area contributed by atoms with E-state index in [9.17, 15) is 9.59 Å². The Kier molecular flexibility index (Phi) is 5.66. The van der Waals surface area contributed by atoms with Crippen LogP contribution >= 0.6 is 0 Å². The van der Waals surface area contributed by atoms with Gasteiger partial charge in [-0.2, -0.15) is 0 Å². The largest absolute Gasteiger partial charge is 0.492 e. The maximum Gasteiger partial charge on any atom is 0.341 e. The van der Waals surface area contributed by atoms with Gasteiger partial charge in [0.15, 0.2) is 6.10 Å². The van der Waals surface area contributed by atoms with Crippen LogP contribution in [-0.4, -0.2) is 29.6 Å². The van der Waals surface area contributed by atoms with Crippen molar-refractivity contribution in [1.82, 2.24) is 4.98 Å². The summed E-state index contributed by atoms with van der Waals surface area (Å²) in [6, 6.07) is 16.0. The lowest BCUT2D eigenvalue weighted by Gasteiger charge is -2.16. The van der Waals surface area contributed by atoms with E-state index in [0.29, 0.717) is 29.1 Å². The number of para-hydroxylation sites is 3. The molecule has 0 radical (unpaired) electrons. The summed E-state index contributed by atoms with van der Waals surface area (Å²) < 4.78 is 10.8. The van der Waals surface area contributed by atoms with Crippen LogP contribution in [0.15, 0.2) is 60.8 Å². The molecule has 1 N–H and O–H groups in total. The first-order chi connectivity index (χ1) is 13.1. The summed E-state index contributed by atoms with van der Waals surface area (Å²) in [4.78, 5) is 29.2. The van der Waals surface area contributed by atoms with Crippen LogP contribution in [0.5, 0.6) is 5.75 Å². The van der Waals surface area contributed by atoms with Gasteiger partial charge in [-0.25, -0.2) is 4.79 Å². The van der Waals surface area contributed by atoms with E-state index in [2.05, 4.69) is 10.3 Å². The molecule has 0 saturated heterocycles. The summed E-state index contributed by atoms with van der Waals surface area (Å²) in [5.74, 6) is -0.478. The van der Waals surface area contributed by atoms with Gasteiger partial charge in [-0.05, 0) is 38.1 Å². The standard InChI is InChI=1S/C21H20N2O4/c1-3-26-18-12-5-4-11-17(18)23-20(24)14(2)27-21(25)16-10-6-8-15-9-7-13-22-19(15)16/h4-14H,3H2,1-2H3,(H,23,24)/t14-/m0/s1. The minimum absolute atomic E-state index is 0.322. The van der Waals surface area contributed by atoms with E-state index in [1.165, 1.54) is 6.92 Å². The Morgan fingerprint density at radius 1 is 1.07 bits per heavy atom. The molecular formula is C21H20N2O4. The van der Waals surface area contributed by atoms with Gasteiger partial charge in [-0.1, -0.05) is 30.3 Å². The first-order valence-electron chi connectivity index (χ1n) is 8.67. The zero-order chi connectivity index (χ0) is 19.2. The van der Waals surface area contributed by atoms with Crippen LogP contribution in [0.3, 0.4) is 0 Å². The molecule has 27 heavy (non-hydrogen) atoms. The van der Waals surface area contributed by atoms with Gasteiger partial charge in [0.2, 0.25) is 0 Å². The number of esters is 1. The van der Waals surface area contributed by atoms with Crippen molar-refractivity contribution in [2.24, 2.45) is 0 Å². The van der Waals surface area contributed by atoms with Gasteiger partial charge < -0.3 is 14.8 Å². The van der Waals surface area contributed by atoms with E-state index in [0.717, 1.165) is 5.39 Å². The number of carbonyl (C=O) groups is 2. The average molecular weight is 364 g/mol.